The van der Waals surface area contributed by atoms with E-state index in [0.717, 1.165) is 44.2 Å². The Bertz CT molecular complexity index is 889. The summed E-state index contributed by atoms with van der Waals surface area (Å²) in [6.45, 7) is 2.33. The van der Waals surface area contributed by atoms with Crippen molar-refractivity contribution in [2.45, 2.75) is 64.7 Å². The van der Waals surface area contributed by atoms with Gasteiger partial charge in [0.25, 0.3) is 0 Å². The Morgan fingerprint density at radius 3 is 2.88 bits per heavy atom. The second kappa shape index (κ2) is 11.7. The fraction of sp³-hybridized carbons (Fsp3) is 0.625. The molecule has 2 aliphatic rings. The number of aromatic nitrogens is 1. The summed E-state index contributed by atoms with van der Waals surface area (Å²) in [5.41, 5.74) is 5.64. The lowest BCUT2D eigenvalue weighted by Gasteiger charge is -2.21. The van der Waals surface area contributed by atoms with Gasteiger partial charge in [0.1, 0.15) is 18.1 Å². The van der Waals surface area contributed by atoms with Crippen LogP contribution in [0.4, 0.5) is 4.79 Å². The summed E-state index contributed by atoms with van der Waals surface area (Å²) in [5.74, 6) is 1.50. The third-order valence-corrected chi connectivity index (χ3v) is 6.46. The second-order valence-electron chi connectivity index (χ2n) is 8.61. The number of rotatable bonds is 10. The van der Waals surface area contributed by atoms with Gasteiger partial charge in [0.2, 0.25) is 0 Å². The molecule has 0 aliphatic heterocycles. The van der Waals surface area contributed by atoms with Gasteiger partial charge >= 0.3 is 6.09 Å². The topological polar surface area (TPSA) is 92.9 Å². The molecule has 2 aliphatic carbocycles. The summed E-state index contributed by atoms with van der Waals surface area (Å²) in [6, 6.07) is 1.57. The van der Waals surface area contributed by atoms with Crippen molar-refractivity contribution in [3.63, 3.8) is 0 Å². The number of hydrogen-bond donors (Lipinski definition) is 1. The molecule has 1 heterocycles. The van der Waals surface area contributed by atoms with Crippen LogP contribution in [0.5, 0.6) is 0 Å². The lowest BCUT2D eigenvalue weighted by molar-refractivity contribution is 0.0962. The third-order valence-electron chi connectivity index (χ3n) is 6.27. The van der Waals surface area contributed by atoms with Gasteiger partial charge in [-0.05, 0) is 63.4 Å². The number of amides is 1. The standard InChI is InChI=1S/C24H33ClN2O5/c1-16-13-18-14-20(18)22(6-3-5-17(16)8-10-25)27(2)24(30)31-12-9-19-15-21(26-32-19)23(29)7-4-11-28/h15,18,28H,3-14H2,1-2H3/b17-16+,22-20+. The van der Waals surface area contributed by atoms with E-state index in [0.29, 0.717) is 30.4 Å². The predicted molar refractivity (Wildman–Crippen MR) is 122 cm³/mol. The van der Waals surface area contributed by atoms with Gasteiger partial charge in [-0.1, -0.05) is 16.3 Å². The van der Waals surface area contributed by atoms with Crippen LogP contribution in [0.25, 0.3) is 0 Å². The average molecular weight is 465 g/mol. The van der Waals surface area contributed by atoms with E-state index in [4.69, 9.17) is 26.0 Å². The number of aliphatic hydroxyl groups is 1. The van der Waals surface area contributed by atoms with E-state index in [1.165, 1.54) is 16.7 Å². The first-order valence-corrected chi connectivity index (χ1v) is 11.9. The zero-order chi connectivity index (χ0) is 23.1. The molecule has 8 heteroatoms. The predicted octanol–water partition coefficient (Wildman–Crippen LogP) is 5.03. The summed E-state index contributed by atoms with van der Waals surface area (Å²) in [4.78, 5) is 26.2. The fourth-order valence-corrected chi connectivity index (χ4v) is 4.55. The van der Waals surface area contributed by atoms with Gasteiger partial charge < -0.3 is 14.4 Å². The Morgan fingerprint density at radius 2 is 2.12 bits per heavy atom. The molecule has 1 amide bonds. The normalized spacial score (nSPS) is 23.1. The highest BCUT2D eigenvalue weighted by Crippen LogP contribution is 2.48. The molecule has 32 heavy (non-hydrogen) atoms. The zero-order valence-corrected chi connectivity index (χ0v) is 19.7. The lowest BCUT2D eigenvalue weighted by Crippen LogP contribution is -2.28. The molecule has 1 N–H and O–H groups in total. The van der Waals surface area contributed by atoms with E-state index in [1.807, 2.05) is 0 Å². The summed E-state index contributed by atoms with van der Waals surface area (Å²) in [5, 5.41) is 12.6. The van der Waals surface area contributed by atoms with Crippen molar-refractivity contribution in [3.05, 3.63) is 39.9 Å². The highest BCUT2D eigenvalue weighted by molar-refractivity contribution is 6.18. The molecular formula is C24H33ClN2O5. The minimum Gasteiger partial charge on any atom is -0.449 e. The number of ether oxygens (including phenoxy) is 1. The Balaban J connectivity index is 1.50. The average Bonchev–Trinajstić information content (AvgIpc) is 3.34. The highest BCUT2D eigenvalue weighted by atomic mass is 35.5. The van der Waals surface area contributed by atoms with Gasteiger partial charge in [0.15, 0.2) is 5.78 Å². The van der Waals surface area contributed by atoms with Gasteiger partial charge in [0, 0.05) is 44.1 Å². The van der Waals surface area contributed by atoms with E-state index < -0.39 is 0 Å². The Hall–Kier alpha value is -2.12. The molecule has 0 aromatic carbocycles. The molecular weight excluding hydrogens is 432 g/mol. The van der Waals surface area contributed by atoms with E-state index in [9.17, 15) is 9.59 Å². The maximum Gasteiger partial charge on any atom is 0.413 e. The van der Waals surface area contributed by atoms with Crippen LogP contribution < -0.4 is 0 Å². The number of alkyl halides is 1. The van der Waals surface area contributed by atoms with Gasteiger partial charge in [-0.15, -0.1) is 11.6 Å². The number of fused-ring (bicyclic) bond motifs is 1. The zero-order valence-electron chi connectivity index (χ0n) is 19.0. The molecule has 1 unspecified atom stereocenters. The molecule has 1 aromatic heterocycles. The van der Waals surface area contributed by atoms with Crippen molar-refractivity contribution in [2.75, 3.05) is 26.1 Å². The smallest absolute Gasteiger partial charge is 0.413 e. The Morgan fingerprint density at radius 1 is 1.31 bits per heavy atom. The number of nitrogens with zero attached hydrogens (tertiary/aromatic N) is 2. The third kappa shape index (κ3) is 6.45. The summed E-state index contributed by atoms with van der Waals surface area (Å²) in [6.07, 6.45) is 6.52. The van der Waals surface area contributed by atoms with Crippen LogP contribution in [-0.4, -0.2) is 53.2 Å². The van der Waals surface area contributed by atoms with Crippen molar-refractivity contribution in [1.82, 2.24) is 10.1 Å². The Labute approximate surface area is 194 Å². The van der Waals surface area contributed by atoms with Crippen molar-refractivity contribution < 1.29 is 24.0 Å². The molecule has 0 bridgehead atoms. The van der Waals surface area contributed by atoms with E-state index in [-0.39, 0.29) is 37.2 Å². The van der Waals surface area contributed by atoms with Gasteiger partial charge in [-0.25, -0.2) is 4.79 Å². The monoisotopic (exact) mass is 464 g/mol. The van der Waals surface area contributed by atoms with Crippen molar-refractivity contribution in [3.8, 4) is 0 Å². The van der Waals surface area contributed by atoms with Gasteiger partial charge in [-0.3, -0.25) is 9.69 Å². The fourth-order valence-electron chi connectivity index (χ4n) is 4.32. The van der Waals surface area contributed by atoms with E-state index >= 15 is 0 Å². The van der Waals surface area contributed by atoms with Crippen molar-refractivity contribution in [2.24, 2.45) is 5.92 Å². The number of carbonyl (C=O) groups excluding carboxylic acids is 2. The molecule has 0 saturated heterocycles. The molecule has 0 spiro atoms. The molecule has 7 nitrogen and oxygen atoms in total. The highest BCUT2D eigenvalue weighted by Gasteiger charge is 2.36. The molecule has 1 saturated carbocycles. The minimum absolute atomic E-state index is 0.0382. The first-order chi connectivity index (χ1) is 15.4. The molecule has 176 valence electrons. The van der Waals surface area contributed by atoms with Crippen LogP contribution >= 0.6 is 11.6 Å². The van der Waals surface area contributed by atoms with Gasteiger partial charge in [-0.2, -0.15) is 0 Å². The van der Waals surface area contributed by atoms with Crippen molar-refractivity contribution >= 4 is 23.5 Å². The summed E-state index contributed by atoms with van der Waals surface area (Å²) in [7, 11) is 1.78. The number of aliphatic hydroxyl groups excluding tert-OH is 1. The van der Waals surface area contributed by atoms with Crippen LogP contribution in [0.15, 0.2) is 33.0 Å². The minimum atomic E-state index is -0.373. The quantitative estimate of drug-likeness (QED) is 0.296. The SMILES string of the molecule is C/C1=C(\CCCl)CCC/C(N(C)C(=O)OCCc2cc(C(=O)CCCO)no2)=C2/CC2C1. The first kappa shape index (κ1) is 24.5. The van der Waals surface area contributed by atoms with Gasteiger partial charge in [0.05, 0.1) is 0 Å². The molecule has 1 aromatic rings. The molecule has 1 atom stereocenters. The summed E-state index contributed by atoms with van der Waals surface area (Å²) >= 11 is 5.98. The molecule has 3 rings (SSSR count). The van der Waals surface area contributed by atoms with E-state index in [1.54, 1.807) is 18.0 Å². The van der Waals surface area contributed by atoms with Crippen LogP contribution in [0.1, 0.15) is 74.5 Å². The number of Topliss-reactive ketones (excluding diaryl/α,β-unsaturated/α-hetero) is 1. The first-order valence-electron chi connectivity index (χ1n) is 11.4. The maximum absolute atomic E-state index is 12.7. The van der Waals surface area contributed by atoms with E-state index in [2.05, 4.69) is 12.1 Å². The number of allylic oxidation sites excluding steroid dienone is 4. The second-order valence-corrected chi connectivity index (χ2v) is 8.98. The Kier molecular flexibility index (Phi) is 8.93. The molecule has 0 radical (unpaired) electrons. The van der Waals surface area contributed by atoms with Crippen LogP contribution in [0.3, 0.4) is 0 Å². The maximum atomic E-state index is 12.7. The van der Waals surface area contributed by atoms with Crippen molar-refractivity contribution in [1.29, 1.82) is 0 Å². The number of hydrogen-bond acceptors (Lipinski definition) is 6. The van der Waals surface area contributed by atoms with Crippen LogP contribution in [0.2, 0.25) is 0 Å². The number of carbonyl (C=O) groups is 2. The molecule has 1 fully saturated rings. The lowest BCUT2D eigenvalue weighted by atomic mass is 9.98. The van der Waals surface area contributed by atoms with Crippen LogP contribution in [-0.2, 0) is 11.2 Å². The largest absolute Gasteiger partial charge is 0.449 e. The van der Waals surface area contributed by atoms with Crippen LogP contribution in [0, 0.1) is 5.92 Å². The number of ketones is 1. The summed E-state index contributed by atoms with van der Waals surface area (Å²) < 4.78 is 10.6. The number of halogens is 1.